The van der Waals surface area contributed by atoms with Crippen molar-refractivity contribution < 1.29 is 14.6 Å². The van der Waals surface area contributed by atoms with Crippen molar-refractivity contribution in [3.05, 3.63) is 80.3 Å². The van der Waals surface area contributed by atoms with Crippen LogP contribution in [0, 0.1) is 4.77 Å². The molecule has 8 heteroatoms. The fraction of sp³-hybridized carbons (Fsp3) is 0.304. The number of H-pyrrole nitrogens is 2. The van der Waals surface area contributed by atoms with Crippen LogP contribution in [-0.4, -0.2) is 40.2 Å². The second-order valence-corrected chi connectivity index (χ2v) is 7.84. The highest BCUT2D eigenvalue weighted by Crippen LogP contribution is 2.39. The Balaban J connectivity index is 2.29. The number of rotatable bonds is 8. The van der Waals surface area contributed by atoms with Crippen molar-refractivity contribution >= 4 is 12.2 Å². The summed E-state index contributed by atoms with van der Waals surface area (Å²) in [5.74, 6) is 0.914. The fourth-order valence-corrected chi connectivity index (χ4v) is 3.85. The molecule has 3 aromatic rings. The molecule has 7 nitrogen and oxygen atoms in total. The first-order valence-electron chi connectivity index (χ1n) is 9.92. The lowest BCUT2D eigenvalue weighted by atomic mass is 9.95. The van der Waals surface area contributed by atoms with Crippen LogP contribution in [0.5, 0.6) is 17.4 Å². The van der Waals surface area contributed by atoms with Crippen molar-refractivity contribution in [2.45, 2.75) is 32.5 Å². The molecule has 0 fully saturated rings. The zero-order chi connectivity index (χ0) is 22.5. The van der Waals surface area contributed by atoms with Crippen LogP contribution in [0.4, 0.5) is 0 Å². The smallest absolute Gasteiger partial charge is 0.260 e. The van der Waals surface area contributed by atoms with Crippen molar-refractivity contribution in [1.82, 2.24) is 14.9 Å². The number of hydrogen-bond donors (Lipinski definition) is 3. The average Bonchev–Trinajstić information content (AvgIpc) is 2.75. The molecule has 0 bridgehead atoms. The molecule has 0 aliphatic heterocycles. The van der Waals surface area contributed by atoms with E-state index in [0.29, 0.717) is 23.6 Å². The van der Waals surface area contributed by atoms with Crippen molar-refractivity contribution in [1.29, 1.82) is 0 Å². The number of methoxy groups -OCH3 is 2. The van der Waals surface area contributed by atoms with Gasteiger partial charge in [-0.15, -0.1) is 0 Å². The van der Waals surface area contributed by atoms with Gasteiger partial charge in [-0.05, 0) is 49.8 Å². The van der Waals surface area contributed by atoms with E-state index in [1.165, 1.54) is 0 Å². The van der Waals surface area contributed by atoms with Crippen molar-refractivity contribution in [3.63, 3.8) is 0 Å². The van der Waals surface area contributed by atoms with E-state index < -0.39 is 11.6 Å². The van der Waals surface area contributed by atoms with Crippen LogP contribution >= 0.6 is 12.2 Å². The molecule has 2 aromatic carbocycles. The Bertz CT molecular complexity index is 1140. The molecule has 3 N–H and O–H groups in total. The summed E-state index contributed by atoms with van der Waals surface area (Å²) in [5.41, 5.74) is 1.46. The van der Waals surface area contributed by atoms with Gasteiger partial charge in [-0.1, -0.05) is 30.3 Å². The van der Waals surface area contributed by atoms with E-state index in [9.17, 15) is 9.90 Å². The van der Waals surface area contributed by atoms with Crippen LogP contribution < -0.4 is 15.0 Å². The molecular weight excluding hydrogens is 414 g/mol. The highest BCUT2D eigenvalue weighted by atomic mass is 32.1. The first kappa shape index (κ1) is 22.6. The zero-order valence-electron chi connectivity index (χ0n) is 18.0. The molecule has 31 heavy (non-hydrogen) atoms. The summed E-state index contributed by atoms with van der Waals surface area (Å²) in [6.07, 6.45) is 0. The molecule has 0 aliphatic carbocycles. The van der Waals surface area contributed by atoms with Crippen molar-refractivity contribution in [2.75, 3.05) is 14.2 Å². The van der Waals surface area contributed by atoms with Gasteiger partial charge < -0.3 is 19.6 Å². The van der Waals surface area contributed by atoms with E-state index in [-0.39, 0.29) is 22.3 Å². The van der Waals surface area contributed by atoms with Crippen LogP contribution in [0.2, 0.25) is 0 Å². The molecule has 0 amide bonds. The van der Waals surface area contributed by atoms with Crippen molar-refractivity contribution in [3.8, 4) is 17.4 Å². The van der Waals surface area contributed by atoms with Gasteiger partial charge in [0.15, 0.2) is 4.77 Å². The van der Waals surface area contributed by atoms with Gasteiger partial charge >= 0.3 is 0 Å². The Kier molecular flexibility index (Phi) is 7.14. The summed E-state index contributed by atoms with van der Waals surface area (Å²) in [7, 11) is 3.15. The normalized spacial score (nSPS) is 12.2. The molecule has 0 aliphatic rings. The average molecular weight is 442 g/mol. The number of nitrogens with one attached hydrogen (secondary N) is 2. The molecule has 1 atom stereocenters. The quantitative estimate of drug-likeness (QED) is 0.455. The molecule has 1 heterocycles. The fourth-order valence-electron chi connectivity index (χ4n) is 3.66. The third-order valence-corrected chi connectivity index (χ3v) is 5.37. The minimum absolute atomic E-state index is 0.0168. The van der Waals surface area contributed by atoms with Gasteiger partial charge in [0.2, 0.25) is 5.88 Å². The highest BCUT2D eigenvalue weighted by molar-refractivity contribution is 7.71. The third kappa shape index (κ3) is 4.98. The summed E-state index contributed by atoms with van der Waals surface area (Å²) in [5, 5.41) is 10.7. The molecule has 164 valence electrons. The van der Waals surface area contributed by atoms with Crippen LogP contribution in [0.15, 0.2) is 53.3 Å². The number of nitrogens with zero attached hydrogens (tertiary/aromatic N) is 1. The molecular formula is C23H27N3O4S. The third-order valence-electron chi connectivity index (χ3n) is 5.17. The van der Waals surface area contributed by atoms with Gasteiger partial charge in [0.1, 0.15) is 11.5 Å². The maximum atomic E-state index is 13.0. The number of aromatic hydroxyl groups is 1. The highest BCUT2D eigenvalue weighted by Gasteiger charge is 2.32. The van der Waals surface area contributed by atoms with Crippen LogP contribution in [0.25, 0.3) is 0 Å². The number of aromatic amines is 2. The molecule has 3 rings (SSSR count). The predicted octanol–water partition coefficient (Wildman–Crippen LogP) is 4.16. The Morgan fingerprint density at radius 2 is 1.77 bits per heavy atom. The maximum Gasteiger partial charge on any atom is 0.260 e. The lowest BCUT2D eigenvalue weighted by Gasteiger charge is -2.36. The van der Waals surface area contributed by atoms with E-state index in [0.717, 1.165) is 5.56 Å². The lowest BCUT2D eigenvalue weighted by molar-refractivity contribution is 0.161. The van der Waals surface area contributed by atoms with Gasteiger partial charge in [0.25, 0.3) is 5.56 Å². The van der Waals surface area contributed by atoms with Gasteiger partial charge in [-0.3, -0.25) is 14.7 Å². The second-order valence-electron chi connectivity index (χ2n) is 7.43. The minimum atomic E-state index is -0.638. The van der Waals surface area contributed by atoms with Crippen LogP contribution in [0.1, 0.15) is 36.6 Å². The molecule has 0 spiro atoms. The Labute approximate surface area is 186 Å². The van der Waals surface area contributed by atoms with Gasteiger partial charge in [0.05, 0.1) is 25.8 Å². The maximum absolute atomic E-state index is 13.0. The van der Waals surface area contributed by atoms with E-state index in [2.05, 4.69) is 14.9 Å². The SMILES string of the molecule is COc1ccc(OC)c(C(c2c(O)[nH]c(=S)[nH]c2=O)N(Cc2ccccc2)C(C)C)c1. The largest absolute Gasteiger partial charge is 0.497 e. The van der Waals surface area contributed by atoms with Crippen LogP contribution in [0.3, 0.4) is 0 Å². The standard InChI is InChI=1S/C23H27N3O4S/c1-14(2)26(13-15-8-6-5-7-9-15)20(19-21(27)24-23(31)25-22(19)28)17-12-16(29-3)10-11-18(17)30-4/h5-12,14,20H,13H2,1-4H3,(H3,24,25,27,28,31). The summed E-state index contributed by atoms with van der Waals surface area (Å²) >= 11 is 5.03. The van der Waals surface area contributed by atoms with E-state index in [4.69, 9.17) is 21.7 Å². The topological polar surface area (TPSA) is 90.6 Å². The van der Waals surface area contributed by atoms with Gasteiger partial charge in [-0.25, -0.2) is 0 Å². The number of hydrogen-bond acceptors (Lipinski definition) is 6. The summed E-state index contributed by atoms with van der Waals surface area (Å²) in [6.45, 7) is 4.62. The monoisotopic (exact) mass is 441 g/mol. The Morgan fingerprint density at radius 3 is 2.35 bits per heavy atom. The summed E-state index contributed by atoms with van der Waals surface area (Å²) in [6, 6.07) is 14.7. The van der Waals surface area contributed by atoms with Gasteiger partial charge in [-0.2, -0.15) is 0 Å². The summed E-state index contributed by atoms with van der Waals surface area (Å²) < 4.78 is 11.1. The molecule has 0 saturated carbocycles. The molecule has 1 aromatic heterocycles. The molecule has 1 unspecified atom stereocenters. The molecule has 0 saturated heterocycles. The summed E-state index contributed by atoms with van der Waals surface area (Å²) in [4.78, 5) is 20.4. The van der Waals surface area contributed by atoms with E-state index in [1.54, 1.807) is 26.4 Å². The first-order valence-corrected chi connectivity index (χ1v) is 10.3. The number of benzene rings is 2. The first-order chi connectivity index (χ1) is 14.8. The predicted molar refractivity (Wildman–Crippen MR) is 122 cm³/mol. The zero-order valence-corrected chi connectivity index (χ0v) is 18.8. The Morgan fingerprint density at radius 1 is 1.06 bits per heavy atom. The Hall–Kier alpha value is -3.10. The minimum Gasteiger partial charge on any atom is -0.497 e. The number of aromatic nitrogens is 2. The van der Waals surface area contributed by atoms with E-state index in [1.807, 2.05) is 50.2 Å². The second kappa shape index (κ2) is 9.80. The number of ether oxygens (including phenoxy) is 2. The lowest BCUT2D eigenvalue weighted by Crippen LogP contribution is -2.38. The molecule has 0 radical (unpaired) electrons. The van der Waals surface area contributed by atoms with Gasteiger partial charge in [0, 0.05) is 18.2 Å². The van der Waals surface area contributed by atoms with Crippen molar-refractivity contribution in [2.24, 2.45) is 0 Å². The van der Waals surface area contributed by atoms with Crippen LogP contribution in [-0.2, 0) is 6.54 Å². The van der Waals surface area contributed by atoms with E-state index >= 15 is 0 Å².